The molecule has 1 fully saturated rings. The van der Waals surface area contributed by atoms with Crippen molar-refractivity contribution in [3.8, 4) is 0 Å². The standard InChI is InChI=1S/C20H32BrN3O2.HI/c1-2-22-20(23-10-4-7-17-6-3-8-19(21)14-17)24-11-5-12-25-15-18-9-13-26-16-18;/h3,6,8,14,18H,2,4-5,7,9-13,15-16H2,1H3,(H2,22,23,24);1H. The van der Waals surface area contributed by atoms with Gasteiger partial charge in [-0.2, -0.15) is 0 Å². The van der Waals surface area contributed by atoms with Crippen LogP contribution in [0.1, 0.15) is 31.7 Å². The predicted octanol–water partition coefficient (Wildman–Crippen LogP) is 4.00. The number of ether oxygens (including phenoxy) is 2. The Bertz CT molecular complexity index is 540. The highest BCUT2D eigenvalue weighted by Gasteiger charge is 2.15. The summed E-state index contributed by atoms with van der Waals surface area (Å²) < 4.78 is 12.2. The van der Waals surface area contributed by atoms with E-state index in [1.54, 1.807) is 0 Å². The van der Waals surface area contributed by atoms with Crippen LogP contribution in [0.4, 0.5) is 0 Å². The van der Waals surface area contributed by atoms with Crippen LogP contribution in [0.5, 0.6) is 0 Å². The molecule has 0 bridgehead atoms. The normalized spacial score (nSPS) is 16.8. The van der Waals surface area contributed by atoms with E-state index in [0.717, 1.165) is 82.2 Å². The van der Waals surface area contributed by atoms with Crippen LogP contribution in [-0.4, -0.2) is 52.0 Å². The first-order valence-electron chi connectivity index (χ1n) is 9.70. The van der Waals surface area contributed by atoms with E-state index in [1.807, 2.05) is 0 Å². The first-order valence-corrected chi connectivity index (χ1v) is 10.5. The van der Waals surface area contributed by atoms with Crippen LogP contribution >= 0.6 is 39.9 Å². The van der Waals surface area contributed by atoms with E-state index >= 15 is 0 Å². The summed E-state index contributed by atoms with van der Waals surface area (Å²) >= 11 is 3.52. The first kappa shape index (κ1) is 24.7. The molecule has 2 N–H and O–H groups in total. The van der Waals surface area contributed by atoms with Gasteiger partial charge in [-0.05, 0) is 50.3 Å². The van der Waals surface area contributed by atoms with Crippen LogP contribution in [0.15, 0.2) is 33.7 Å². The average molecular weight is 554 g/mol. The van der Waals surface area contributed by atoms with Crippen molar-refractivity contribution in [1.82, 2.24) is 10.6 Å². The number of hydrogen-bond donors (Lipinski definition) is 2. The van der Waals surface area contributed by atoms with E-state index in [4.69, 9.17) is 9.47 Å². The van der Waals surface area contributed by atoms with Crippen molar-refractivity contribution < 1.29 is 9.47 Å². The average Bonchev–Trinajstić information content (AvgIpc) is 3.15. The van der Waals surface area contributed by atoms with Crippen molar-refractivity contribution in [2.24, 2.45) is 10.9 Å². The van der Waals surface area contributed by atoms with Crippen LogP contribution in [0.3, 0.4) is 0 Å². The van der Waals surface area contributed by atoms with Crippen LogP contribution in [0.25, 0.3) is 0 Å². The summed E-state index contributed by atoms with van der Waals surface area (Å²) in [4.78, 5) is 4.66. The predicted molar refractivity (Wildman–Crippen MR) is 126 cm³/mol. The van der Waals surface area contributed by atoms with Gasteiger partial charge in [-0.15, -0.1) is 24.0 Å². The van der Waals surface area contributed by atoms with Crippen LogP contribution in [0, 0.1) is 5.92 Å². The molecule has 154 valence electrons. The van der Waals surface area contributed by atoms with E-state index in [0.29, 0.717) is 5.92 Å². The highest BCUT2D eigenvalue weighted by atomic mass is 127. The Morgan fingerprint density at radius 1 is 1.33 bits per heavy atom. The number of halogens is 2. The molecule has 1 aromatic carbocycles. The van der Waals surface area contributed by atoms with Gasteiger partial charge in [0.25, 0.3) is 0 Å². The number of guanidine groups is 1. The van der Waals surface area contributed by atoms with Gasteiger partial charge >= 0.3 is 0 Å². The fraction of sp³-hybridized carbons (Fsp3) is 0.650. The van der Waals surface area contributed by atoms with Gasteiger partial charge in [-0.1, -0.05) is 28.1 Å². The molecule has 1 aliphatic rings. The summed E-state index contributed by atoms with van der Waals surface area (Å²) in [5.41, 5.74) is 1.34. The highest BCUT2D eigenvalue weighted by molar-refractivity contribution is 14.0. The number of aliphatic imine (C=N–C) groups is 1. The lowest BCUT2D eigenvalue weighted by Crippen LogP contribution is -2.38. The lowest BCUT2D eigenvalue weighted by molar-refractivity contribution is 0.0888. The summed E-state index contributed by atoms with van der Waals surface area (Å²) in [5, 5.41) is 6.68. The molecular weight excluding hydrogens is 521 g/mol. The van der Waals surface area contributed by atoms with Crippen molar-refractivity contribution in [1.29, 1.82) is 0 Å². The summed E-state index contributed by atoms with van der Waals surface area (Å²) in [6.07, 6.45) is 4.20. The topological polar surface area (TPSA) is 54.9 Å². The van der Waals surface area contributed by atoms with Gasteiger partial charge in [0.15, 0.2) is 5.96 Å². The molecule has 27 heavy (non-hydrogen) atoms. The van der Waals surface area contributed by atoms with Gasteiger partial charge in [0, 0.05) is 43.2 Å². The fourth-order valence-corrected chi connectivity index (χ4v) is 3.30. The monoisotopic (exact) mass is 553 g/mol. The summed E-state index contributed by atoms with van der Waals surface area (Å²) in [5.74, 6) is 1.48. The van der Waals surface area contributed by atoms with Gasteiger partial charge in [0.05, 0.1) is 13.2 Å². The third-order valence-electron chi connectivity index (χ3n) is 4.26. The Morgan fingerprint density at radius 2 is 2.22 bits per heavy atom. The third-order valence-corrected chi connectivity index (χ3v) is 4.76. The molecular formula is C20H33BrIN3O2. The largest absolute Gasteiger partial charge is 0.381 e. The van der Waals surface area contributed by atoms with E-state index in [2.05, 4.69) is 62.7 Å². The Kier molecular flexibility index (Phi) is 14.2. The molecule has 1 atom stereocenters. The molecule has 1 saturated heterocycles. The number of rotatable bonds is 11. The maximum absolute atomic E-state index is 5.73. The molecule has 5 nitrogen and oxygen atoms in total. The van der Waals surface area contributed by atoms with E-state index < -0.39 is 0 Å². The SMILES string of the molecule is CCNC(=NCCCc1cccc(Br)c1)NCCCOCC1CCOC1.I. The fourth-order valence-electron chi connectivity index (χ4n) is 2.85. The molecule has 2 rings (SSSR count). The maximum atomic E-state index is 5.73. The molecule has 0 aromatic heterocycles. The number of aryl methyl sites for hydroxylation is 1. The molecule has 0 saturated carbocycles. The highest BCUT2D eigenvalue weighted by Crippen LogP contribution is 2.13. The minimum Gasteiger partial charge on any atom is -0.381 e. The molecule has 1 unspecified atom stereocenters. The summed E-state index contributed by atoms with van der Waals surface area (Å²) in [6, 6.07) is 8.47. The molecule has 0 radical (unpaired) electrons. The lowest BCUT2D eigenvalue weighted by Gasteiger charge is -2.12. The van der Waals surface area contributed by atoms with E-state index in [1.165, 1.54) is 5.56 Å². The zero-order valence-electron chi connectivity index (χ0n) is 16.2. The Morgan fingerprint density at radius 3 is 2.96 bits per heavy atom. The quantitative estimate of drug-likeness (QED) is 0.188. The van der Waals surface area contributed by atoms with Crippen LogP contribution in [0.2, 0.25) is 0 Å². The number of nitrogens with zero attached hydrogens (tertiary/aromatic N) is 1. The van der Waals surface area contributed by atoms with Crippen LogP contribution < -0.4 is 10.6 Å². The molecule has 0 amide bonds. The summed E-state index contributed by atoms with van der Waals surface area (Å²) in [7, 11) is 0. The molecule has 1 aromatic rings. The van der Waals surface area contributed by atoms with Gasteiger partial charge in [-0.3, -0.25) is 4.99 Å². The van der Waals surface area contributed by atoms with E-state index in [-0.39, 0.29) is 24.0 Å². The molecule has 1 aliphatic heterocycles. The second-order valence-corrected chi connectivity index (χ2v) is 7.49. The Balaban J connectivity index is 0.00000364. The lowest BCUT2D eigenvalue weighted by atomic mass is 10.1. The van der Waals surface area contributed by atoms with Crippen LogP contribution in [-0.2, 0) is 15.9 Å². The second-order valence-electron chi connectivity index (χ2n) is 6.58. The van der Waals surface area contributed by atoms with Gasteiger partial charge in [0.1, 0.15) is 0 Å². The van der Waals surface area contributed by atoms with Gasteiger partial charge < -0.3 is 20.1 Å². The minimum atomic E-state index is 0. The van der Waals surface area contributed by atoms with Crippen molar-refractivity contribution in [3.05, 3.63) is 34.3 Å². The second kappa shape index (κ2) is 15.5. The number of nitrogens with one attached hydrogen (secondary N) is 2. The Labute approximate surface area is 189 Å². The van der Waals surface area contributed by atoms with Crippen molar-refractivity contribution in [2.75, 3.05) is 46.1 Å². The first-order chi connectivity index (χ1) is 12.8. The number of benzene rings is 1. The minimum absolute atomic E-state index is 0. The van der Waals surface area contributed by atoms with Gasteiger partial charge in [0.2, 0.25) is 0 Å². The smallest absolute Gasteiger partial charge is 0.191 e. The molecule has 0 aliphatic carbocycles. The summed E-state index contributed by atoms with van der Waals surface area (Å²) in [6.45, 7) is 8.00. The Hall–Kier alpha value is -0.380. The molecule has 1 heterocycles. The van der Waals surface area contributed by atoms with Crippen molar-refractivity contribution >= 4 is 45.9 Å². The zero-order valence-corrected chi connectivity index (χ0v) is 20.1. The maximum Gasteiger partial charge on any atom is 0.191 e. The molecule has 7 heteroatoms. The zero-order chi connectivity index (χ0) is 18.5. The third kappa shape index (κ3) is 11.3. The van der Waals surface area contributed by atoms with Crippen molar-refractivity contribution in [2.45, 2.75) is 32.6 Å². The van der Waals surface area contributed by atoms with Crippen molar-refractivity contribution in [3.63, 3.8) is 0 Å². The van der Waals surface area contributed by atoms with E-state index in [9.17, 15) is 0 Å². The van der Waals surface area contributed by atoms with Gasteiger partial charge in [-0.25, -0.2) is 0 Å². The molecule has 0 spiro atoms. The number of hydrogen-bond acceptors (Lipinski definition) is 3.